The van der Waals surface area contributed by atoms with E-state index >= 15 is 0 Å². The van der Waals surface area contributed by atoms with Crippen LogP contribution in [0.4, 0.5) is 0 Å². The van der Waals surface area contributed by atoms with Crippen molar-refractivity contribution in [1.82, 2.24) is 0 Å². The lowest BCUT2D eigenvalue weighted by molar-refractivity contribution is -0.281. The highest BCUT2D eigenvalue weighted by Gasteiger charge is 1.67. The molecule has 0 aromatic carbocycles. The lowest BCUT2D eigenvalue weighted by atomic mass is 10.9. The van der Waals surface area contributed by atoms with Crippen molar-refractivity contribution in [3.63, 3.8) is 0 Å². The lowest BCUT2D eigenvalue weighted by Crippen LogP contribution is -2.03. The summed E-state index contributed by atoms with van der Waals surface area (Å²) in [4.78, 5) is 18.8. The third kappa shape index (κ3) is 4.05. The van der Waals surface area contributed by atoms with Gasteiger partial charge in [0.15, 0.2) is 0 Å². The molecule has 0 radical (unpaired) electrons. The highest BCUT2D eigenvalue weighted by molar-refractivity contribution is 7.42. The fourth-order valence-corrected chi connectivity index (χ4v) is 0.200. The van der Waals surface area contributed by atoms with Gasteiger partial charge >= 0.3 is 0 Å². The molecule has 36 valence electrons. The minimum Gasteiger partial charge on any atom is -0.633 e. The fourth-order valence-electron chi connectivity index (χ4n) is 0.0667. The molecule has 0 aliphatic rings. The molecule has 0 aliphatic carbocycles. The van der Waals surface area contributed by atoms with Crippen LogP contribution in [0.15, 0.2) is 0 Å². The Morgan fingerprint density at radius 1 is 1.67 bits per heavy atom. The van der Waals surface area contributed by atoms with E-state index in [1.165, 1.54) is 0 Å². The van der Waals surface area contributed by atoms with Crippen LogP contribution in [0, 0.1) is 0 Å². The first-order chi connectivity index (χ1) is 2.77. The Kier molecular flexibility index (Phi) is 3.28. The third-order valence-corrected chi connectivity index (χ3v) is 0.692. The van der Waals surface area contributed by atoms with Gasteiger partial charge in [-0.3, -0.25) is 0 Å². The highest BCUT2D eigenvalue weighted by atomic mass is 31.1. The molecule has 0 amide bonds. The van der Waals surface area contributed by atoms with E-state index in [1.807, 2.05) is 0 Å². The van der Waals surface area contributed by atoms with Crippen LogP contribution in [0.25, 0.3) is 0 Å². The predicted molar refractivity (Wildman–Crippen MR) is 20.1 cm³/mol. The zero-order valence-electron chi connectivity index (χ0n) is 3.00. The predicted octanol–water partition coefficient (Wildman–Crippen LogP) is -2.19. The molecule has 0 rings (SSSR count). The van der Waals surface area contributed by atoms with Crippen LogP contribution in [-0.4, -0.2) is 17.5 Å². The van der Waals surface area contributed by atoms with Crippen molar-refractivity contribution in [3.8, 4) is 0 Å². The Hall–Kier alpha value is 0.0500. The highest BCUT2D eigenvalue weighted by Crippen LogP contribution is 1.85. The summed E-state index contributed by atoms with van der Waals surface area (Å²) in [6, 6.07) is 0. The standard InChI is InChI=1S/C2H5O3P/c3-1-2-6(4)5/h2-3H,1H2,(H,4,5)/p-1. The van der Waals surface area contributed by atoms with Gasteiger partial charge in [0.2, 0.25) is 0 Å². The van der Waals surface area contributed by atoms with Gasteiger partial charge in [0.25, 0.3) is 0 Å². The second-order valence-electron chi connectivity index (χ2n) is 0.651. The summed E-state index contributed by atoms with van der Waals surface area (Å²) in [5.41, 5.74) is 0. The normalized spacial score (nSPS) is 7.83. The average Bonchev–Trinajstić information content (AvgIpc) is 1.35. The van der Waals surface area contributed by atoms with Crippen molar-refractivity contribution < 1.29 is 14.9 Å². The zero-order chi connectivity index (χ0) is 4.99. The number of rotatable bonds is 1. The molecule has 0 fully saturated rings. The van der Waals surface area contributed by atoms with Gasteiger partial charge in [0, 0.05) is 8.00 Å². The Morgan fingerprint density at radius 3 is 2.17 bits per heavy atom. The average molecular weight is 107 g/mol. The van der Waals surface area contributed by atoms with E-state index in [1.54, 1.807) is 0 Å². The van der Waals surface area contributed by atoms with Crippen LogP contribution in [0.2, 0.25) is 0 Å². The van der Waals surface area contributed by atoms with Crippen molar-refractivity contribution in [2.24, 2.45) is 0 Å². The number of aliphatic hydroxyl groups is 1. The maximum atomic E-state index is 9.42. The van der Waals surface area contributed by atoms with Crippen LogP contribution in [0.5, 0.6) is 0 Å². The molecule has 6 heavy (non-hydrogen) atoms. The summed E-state index contributed by atoms with van der Waals surface area (Å²) in [7, 11) is -2.48. The van der Waals surface area contributed by atoms with Crippen molar-refractivity contribution in [1.29, 1.82) is 0 Å². The van der Waals surface area contributed by atoms with E-state index in [4.69, 9.17) is 5.11 Å². The van der Waals surface area contributed by atoms with E-state index < -0.39 is 14.6 Å². The Balaban J connectivity index is 3.14. The summed E-state index contributed by atoms with van der Waals surface area (Å²) in [5, 5.41) is 7.80. The second-order valence-corrected chi connectivity index (χ2v) is 1.59. The van der Waals surface area contributed by atoms with Gasteiger partial charge in [0.05, 0.1) is 6.61 Å². The third-order valence-electron chi connectivity index (χ3n) is 0.231. The van der Waals surface area contributed by atoms with Crippen molar-refractivity contribution in [2.75, 3.05) is 6.61 Å². The summed E-state index contributed by atoms with van der Waals surface area (Å²) in [6.45, 7) is -0.390. The molecule has 0 bridgehead atoms. The molecule has 0 atom stereocenters. The lowest BCUT2D eigenvalue weighted by Gasteiger charge is -1.93. The second kappa shape index (κ2) is 3.25. The van der Waals surface area contributed by atoms with E-state index in [-0.39, 0.29) is 0 Å². The van der Waals surface area contributed by atoms with E-state index in [0.29, 0.717) is 0 Å². The van der Waals surface area contributed by atoms with E-state index in [9.17, 15) is 9.79 Å². The monoisotopic (exact) mass is 107 g/mol. The Labute approximate surface area is 36.4 Å². The Morgan fingerprint density at radius 2 is 2.17 bits per heavy atom. The minimum absolute atomic E-state index is 0.390. The van der Waals surface area contributed by atoms with Crippen LogP contribution in [0.3, 0.4) is 0 Å². The summed E-state index contributed by atoms with van der Waals surface area (Å²) >= 11 is 0. The number of hydrogen-bond acceptors (Lipinski definition) is 3. The molecule has 0 unspecified atom stereocenters. The summed E-state index contributed by atoms with van der Waals surface area (Å²) in [5.74, 6) is 0.801. The van der Waals surface area contributed by atoms with Gasteiger partial charge in [-0.25, -0.2) is 0 Å². The van der Waals surface area contributed by atoms with Crippen LogP contribution < -0.4 is 9.79 Å². The molecule has 0 heterocycles. The van der Waals surface area contributed by atoms with Gasteiger partial charge < -0.3 is 14.9 Å². The summed E-state index contributed by atoms with van der Waals surface area (Å²) in [6.07, 6.45) is 0. The Bertz CT molecular complexity index is 55.8. The fraction of sp³-hybridized carbons (Fsp3) is 0.500. The summed E-state index contributed by atoms with van der Waals surface area (Å²) < 4.78 is 0. The maximum absolute atomic E-state index is 9.42. The molecule has 0 aromatic heterocycles. The molecular weight excluding hydrogens is 103 g/mol. The maximum Gasteiger partial charge on any atom is 0.103 e. The zero-order valence-corrected chi connectivity index (χ0v) is 3.89. The molecule has 0 aromatic rings. The molecule has 0 spiro atoms. The molecular formula is C2H4O3P-. The van der Waals surface area contributed by atoms with Crippen LogP contribution in [0.1, 0.15) is 0 Å². The molecule has 0 saturated carbocycles. The quantitative estimate of drug-likeness (QED) is 0.387. The van der Waals surface area contributed by atoms with Gasteiger partial charge in [0.1, 0.15) is 5.80 Å². The van der Waals surface area contributed by atoms with Gasteiger partial charge in [-0.05, 0) is 0 Å². The molecule has 3 nitrogen and oxygen atoms in total. The largest absolute Gasteiger partial charge is 0.633 e. The minimum atomic E-state index is -2.48. The van der Waals surface area contributed by atoms with E-state index in [0.717, 1.165) is 5.80 Å². The van der Waals surface area contributed by atoms with Gasteiger partial charge in [-0.15, -0.1) is 0 Å². The topological polar surface area (TPSA) is 66.3 Å². The first kappa shape index (κ1) is 6.05. The first-order valence-electron chi connectivity index (χ1n) is 1.35. The first-order valence-corrected chi connectivity index (χ1v) is 2.59. The van der Waals surface area contributed by atoms with Gasteiger partial charge in [-0.2, -0.15) is 0 Å². The molecule has 4 heteroatoms. The number of hydrogen-bond donors (Lipinski definition) is 1. The van der Waals surface area contributed by atoms with Crippen LogP contribution >= 0.6 is 8.00 Å². The van der Waals surface area contributed by atoms with E-state index in [2.05, 4.69) is 0 Å². The molecule has 0 saturated heterocycles. The van der Waals surface area contributed by atoms with Crippen molar-refractivity contribution in [3.05, 3.63) is 0 Å². The molecule has 1 N–H and O–H groups in total. The SMILES string of the molecule is [O-][P+]([O-])=CCO. The molecule has 0 aliphatic heterocycles. The van der Waals surface area contributed by atoms with Crippen molar-refractivity contribution in [2.45, 2.75) is 0 Å². The van der Waals surface area contributed by atoms with Crippen molar-refractivity contribution >= 4 is 13.8 Å². The number of aliphatic hydroxyl groups excluding tert-OH is 1. The van der Waals surface area contributed by atoms with Crippen LogP contribution in [-0.2, 0) is 0 Å². The van der Waals surface area contributed by atoms with Gasteiger partial charge in [-0.1, -0.05) is 0 Å². The smallest absolute Gasteiger partial charge is 0.103 e.